The monoisotopic (exact) mass is 228 g/mol. The Kier molecular flexibility index (Phi) is 3.79. The minimum atomic E-state index is -4.26. The molecule has 88 valence electrons. The first-order valence-electron chi connectivity index (χ1n) is 5.23. The second-order valence-corrected chi connectivity index (χ2v) is 3.69. The Bertz CT molecular complexity index is 400. The Morgan fingerprint density at radius 1 is 1.31 bits per heavy atom. The highest BCUT2D eigenvalue weighted by molar-refractivity contribution is 5.66. The standard InChI is InChI=1S/C13H15F3/c1-4-9(3)12-7-6-11(13(14,15)16)8-10(12)5-2/h4,6-8H,5H2,1-3H3. The van der Waals surface area contributed by atoms with Crippen LogP contribution < -0.4 is 0 Å². The summed E-state index contributed by atoms with van der Waals surface area (Å²) in [6.07, 6.45) is -1.75. The fraction of sp³-hybridized carbons (Fsp3) is 0.385. The SMILES string of the molecule is CC=C(C)c1ccc(C(F)(F)F)cc1CC. The van der Waals surface area contributed by atoms with Crippen LogP contribution in [0.4, 0.5) is 13.2 Å². The van der Waals surface area contributed by atoms with E-state index in [9.17, 15) is 13.2 Å². The van der Waals surface area contributed by atoms with E-state index in [0.717, 1.165) is 22.8 Å². The van der Waals surface area contributed by atoms with Gasteiger partial charge in [-0.3, -0.25) is 0 Å². The molecule has 0 bridgehead atoms. The minimum Gasteiger partial charge on any atom is -0.166 e. The Labute approximate surface area is 93.8 Å². The van der Waals surface area contributed by atoms with Gasteiger partial charge in [-0.05, 0) is 49.1 Å². The Balaban J connectivity index is 3.28. The molecule has 0 unspecified atom stereocenters. The van der Waals surface area contributed by atoms with Gasteiger partial charge in [0, 0.05) is 0 Å². The molecule has 0 N–H and O–H groups in total. The van der Waals surface area contributed by atoms with E-state index in [2.05, 4.69) is 0 Å². The summed E-state index contributed by atoms with van der Waals surface area (Å²) in [6.45, 7) is 5.65. The molecule has 3 heteroatoms. The number of hydrogen-bond acceptors (Lipinski definition) is 0. The molecule has 0 radical (unpaired) electrons. The van der Waals surface area contributed by atoms with Crippen LogP contribution in [0, 0.1) is 0 Å². The van der Waals surface area contributed by atoms with Crippen LogP contribution in [0.1, 0.15) is 37.5 Å². The summed E-state index contributed by atoms with van der Waals surface area (Å²) in [6, 6.07) is 3.93. The van der Waals surface area contributed by atoms with Crippen LogP contribution >= 0.6 is 0 Å². The highest BCUT2D eigenvalue weighted by atomic mass is 19.4. The van der Waals surface area contributed by atoms with Crippen LogP contribution in [-0.2, 0) is 12.6 Å². The molecular weight excluding hydrogens is 213 g/mol. The lowest BCUT2D eigenvalue weighted by Gasteiger charge is -2.12. The van der Waals surface area contributed by atoms with E-state index in [1.165, 1.54) is 6.07 Å². The van der Waals surface area contributed by atoms with E-state index >= 15 is 0 Å². The molecule has 0 nitrogen and oxygen atoms in total. The number of rotatable bonds is 2. The number of benzene rings is 1. The molecule has 1 aromatic carbocycles. The minimum absolute atomic E-state index is 0.572. The zero-order valence-corrected chi connectivity index (χ0v) is 9.65. The molecule has 0 aliphatic rings. The molecule has 0 aromatic heterocycles. The molecule has 0 amide bonds. The van der Waals surface area contributed by atoms with E-state index in [0.29, 0.717) is 6.42 Å². The molecule has 0 heterocycles. The predicted octanol–water partition coefficient (Wildman–Crippen LogP) is 4.69. The zero-order valence-electron chi connectivity index (χ0n) is 9.65. The van der Waals surface area contributed by atoms with Gasteiger partial charge in [0.1, 0.15) is 0 Å². The van der Waals surface area contributed by atoms with Crippen molar-refractivity contribution in [3.63, 3.8) is 0 Å². The average molecular weight is 228 g/mol. The van der Waals surface area contributed by atoms with Crippen LogP contribution in [0.3, 0.4) is 0 Å². The zero-order chi connectivity index (χ0) is 12.3. The first-order chi connectivity index (χ1) is 7.40. The van der Waals surface area contributed by atoms with Gasteiger partial charge in [0.2, 0.25) is 0 Å². The summed E-state index contributed by atoms with van der Waals surface area (Å²) >= 11 is 0. The van der Waals surface area contributed by atoms with E-state index in [1.54, 1.807) is 6.07 Å². The van der Waals surface area contributed by atoms with Gasteiger partial charge in [0.25, 0.3) is 0 Å². The lowest BCUT2D eigenvalue weighted by Crippen LogP contribution is -2.06. The van der Waals surface area contributed by atoms with Crippen molar-refractivity contribution in [1.29, 1.82) is 0 Å². The average Bonchev–Trinajstić information content (AvgIpc) is 2.26. The lowest BCUT2D eigenvalue weighted by atomic mass is 9.96. The molecule has 0 atom stereocenters. The van der Waals surface area contributed by atoms with E-state index in [-0.39, 0.29) is 0 Å². The third kappa shape index (κ3) is 2.65. The van der Waals surface area contributed by atoms with Crippen LogP contribution in [0.15, 0.2) is 24.3 Å². The molecule has 0 aliphatic carbocycles. The third-order valence-corrected chi connectivity index (χ3v) is 2.67. The van der Waals surface area contributed by atoms with Crippen molar-refractivity contribution >= 4 is 5.57 Å². The van der Waals surface area contributed by atoms with Crippen molar-refractivity contribution in [1.82, 2.24) is 0 Å². The number of hydrogen-bond donors (Lipinski definition) is 0. The van der Waals surface area contributed by atoms with Crippen molar-refractivity contribution in [2.24, 2.45) is 0 Å². The molecule has 0 spiro atoms. The lowest BCUT2D eigenvalue weighted by molar-refractivity contribution is -0.137. The predicted molar refractivity (Wildman–Crippen MR) is 60.1 cm³/mol. The van der Waals surface area contributed by atoms with Crippen LogP contribution in [0.25, 0.3) is 5.57 Å². The highest BCUT2D eigenvalue weighted by Gasteiger charge is 2.30. The molecule has 1 rings (SSSR count). The Hall–Kier alpha value is -1.25. The molecule has 16 heavy (non-hydrogen) atoms. The van der Waals surface area contributed by atoms with Gasteiger partial charge in [-0.25, -0.2) is 0 Å². The summed E-state index contributed by atoms with van der Waals surface area (Å²) in [5.41, 5.74) is 2.08. The summed E-state index contributed by atoms with van der Waals surface area (Å²) < 4.78 is 37.5. The fourth-order valence-electron chi connectivity index (χ4n) is 1.60. The Morgan fingerprint density at radius 3 is 2.38 bits per heavy atom. The van der Waals surface area contributed by atoms with Gasteiger partial charge in [-0.1, -0.05) is 19.1 Å². The summed E-state index contributed by atoms with van der Waals surface area (Å²) in [5, 5.41) is 0. The maximum absolute atomic E-state index is 12.5. The van der Waals surface area contributed by atoms with E-state index in [1.807, 2.05) is 26.8 Å². The molecule has 0 fully saturated rings. The van der Waals surface area contributed by atoms with Crippen LogP contribution in [-0.4, -0.2) is 0 Å². The van der Waals surface area contributed by atoms with Gasteiger partial charge in [-0.15, -0.1) is 0 Å². The first kappa shape index (κ1) is 12.8. The van der Waals surface area contributed by atoms with E-state index < -0.39 is 11.7 Å². The normalized spacial score (nSPS) is 13.0. The summed E-state index contributed by atoms with van der Waals surface area (Å²) in [7, 11) is 0. The molecule has 0 saturated heterocycles. The number of aryl methyl sites for hydroxylation is 1. The highest BCUT2D eigenvalue weighted by Crippen LogP contribution is 2.32. The Morgan fingerprint density at radius 2 is 1.94 bits per heavy atom. The largest absolute Gasteiger partial charge is 0.416 e. The van der Waals surface area contributed by atoms with Crippen LogP contribution in [0.2, 0.25) is 0 Å². The van der Waals surface area contributed by atoms with Crippen molar-refractivity contribution < 1.29 is 13.2 Å². The molecule has 0 saturated carbocycles. The topological polar surface area (TPSA) is 0 Å². The molecule has 0 aliphatic heterocycles. The summed E-state index contributed by atoms with van der Waals surface area (Å²) in [5.74, 6) is 0. The van der Waals surface area contributed by atoms with Gasteiger partial charge in [-0.2, -0.15) is 13.2 Å². The van der Waals surface area contributed by atoms with Gasteiger partial charge >= 0.3 is 6.18 Å². The molecule has 1 aromatic rings. The quantitative estimate of drug-likeness (QED) is 0.688. The van der Waals surface area contributed by atoms with Crippen molar-refractivity contribution in [3.05, 3.63) is 41.0 Å². The number of halogens is 3. The van der Waals surface area contributed by atoms with E-state index in [4.69, 9.17) is 0 Å². The second-order valence-electron chi connectivity index (χ2n) is 3.69. The maximum Gasteiger partial charge on any atom is 0.416 e. The fourth-order valence-corrected chi connectivity index (χ4v) is 1.60. The van der Waals surface area contributed by atoms with Gasteiger partial charge in [0.05, 0.1) is 5.56 Å². The third-order valence-electron chi connectivity index (χ3n) is 2.67. The summed E-state index contributed by atoms with van der Waals surface area (Å²) in [4.78, 5) is 0. The van der Waals surface area contributed by atoms with Gasteiger partial charge in [0.15, 0.2) is 0 Å². The van der Waals surface area contributed by atoms with Crippen LogP contribution in [0.5, 0.6) is 0 Å². The van der Waals surface area contributed by atoms with Crippen molar-refractivity contribution in [3.8, 4) is 0 Å². The number of allylic oxidation sites excluding steroid dienone is 2. The maximum atomic E-state index is 12.5. The number of alkyl halides is 3. The van der Waals surface area contributed by atoms with Crippen molar-refractivity contribution in [2.45, 2.75) is 33.4 Å². The van der Waals surface area contributed by atoms with Gasteiger partial charge < -0.3 is 0 Å². The molecular formula is C13H15F3. The van der Waals surface area contributed by atoms with Crippen molar-refractivity contribution in [2.75, 3.05) is 0 Å². The first-order valence-corrected chi connectivity index (χ1v) is 5.23. The second kappa shape index (κ2) is 4.73. The smallest absolute Gasteiger partial charge is 0.166 e.